The van der Waals surface area contributed by atoms with E-state index in [1.165, 1.54) is 50.1 Å². The molecule has 0 amide bonds. The van der Waals surface area contributed by atoms with Gasteiger partial charge in [0, 0.05) is 55.5 Å². The van der Waals surface area contributed by atoms with E-state index in [9.17, 15) is 0 Å². The van der Waals surface area contributed by atoms with Gasteiger partial charge >= 0.3 is 0 Å². The molecule has 56 heavy (non-hydrogen) atoms. The molecule has 12 rings (SSSR count). The lowest BCUT2D eigenvalue weighted by Gasteiger charge is -2.29. The summed E-state index contributed by atoms with van der Waals surface area (Å²) in [7, 11) is 0. The van der Waals surface area contributed by atoms with Crippen LogP contribution in [0.1, 0.15) is 48.6 Å². The quantitative estimate of drug-likeness (QED) is 0.181. The van der Waals surface area contributed by atoms with Crippen molar-refractivity contribution < 1.29 is 8.83 Å². The van der Waals surface area contributed by atoms with Crippen molar-refractivity contribution in [2.45, 2.75) is 31.6 Å². The first-order valence-electron chi connectivity index (χ1n) is 19.5. The first-order chi connectivity index (χ1) is 27.4. The molecule has 2 aliphatic carbocycles. The van der Waals surface area contributed by atoms with E-state index >= 15 is 0 Å². The monoisotopic (exact) mass is 719 g/mol. The minimum atomic E-state index is -0.369. The number of hydrogen-bond acceptors (Lipinski definition) is 3. The molecule has 0 spiro atoms. The largest absolute Gasteiger partial charge is 0.456 e. The first kappa shape index (κ1) is 31.5. The Morgan fingerprint density at radius 1 is 0.357 bits per heavy atom. The van der Waals surface area contributed by atoms with Gasteiger partial charge in [0.05, 0.1) is 0 Å². The number of para-hydroxylation sites is 1. The van der Waals surface area contributed by atoms with Gasteiger partial charge in [0.25, 0.3) is 0 Å². The van der Waals surface area contributed by atoms with Crippen molar-refractivity contribution in [3.63, 3.8) is 0 Å². The first-order valence-corrected chi connectivity index (χ1v) is 19.5. The van der Waals surface area contributed by atoms with E-state index in [0.29, 0.717) is 0 Å². The zero-order valence-corrected chi connectivity index (χ0v) is 31.4. The van der Waals surface area contributed by atoms with Crippen molar-refractivity contribution in [3.8, 4) is 22.3 Å². The third-order valence-electron chi connectivity index (χ3n) is 12.9. The molecule has 0 atom stereocenters. The predicted octanol–water partition coefficient (Wildman–Crippen LogP) is 14.6. The summed E-state index contributed by atoms with van der Waals surface area (Å²) >= 11 is 0. The van der Waals surface area contributed by atoms with Gasteiger partial charge in [0.15, 0.2) is 0 Å². The highest BCUT2D eigenvalue weighted by atomic mass is 16.3. The Labute approximate surface area is 325 Å². The van der Waals surface area contributed by atoms with Gasteiger partial charge in [0.2, 0.25) is 0 Å². The Hall–Kier alpha value is -6.84. The molecule has 266 valence electrons. The molecule has 0 bridgehead atoms. The Bertz CT molecular complexity index is 3220. The fourth-order valence-electron chi connectivity index (χ4n) is 10.2. The lowest BCUT2D eigenvalue weighted by Crippen LogP contribution is -2.22. The van der Waals surface area contributed by atoms with Crippen LogP contribution >= 0.6 is 0 Å². The molecule has 0 fully saturated rings. The summed E-state index contributed by atoms with van der Waals surface area (Å²) in [6.07, 6.45) is 0. The third kappa shape index (κ3) is 4.12. The Kier molecular flexibility index (Phi) is 6.25. The highest BCUT2D eigenvalue weighted by Crippen LogP contribution is 2.55. The number of fused-ring (bicyclic) bond motifs is 12. The van der Waals surface area contributed by atoms with Crippen molar-refractivity contribution in [2.24, 2.45) is 0 Å². The summed E-state index contributed by atoms with van der Waals surface area (Å²) in [5.41, 5.74) is 18.0. The highest BCUT2D eigenvalue weighted by molar-refractivity contribution is 6.10. The maximum Gasteiger partial charge on any atom is 0.137 e. The average molecular weight is 720 g/mol. The number of rotatable bonds is 4. The number of nitrogens with zero attached hydrogens (tertiary/aromatic N) is 1. The van der Waals surface area contributed by atoms with Gasteiger partial charge in [0.1, 0.15) is 22.3 Å². The number of furan rings is 2. The number of benzene rings is 8. The molecule has 0 saturated carbocycles. The van der Waals surface area contributed by atoms with E-state index in [1.54, 1.807) is 0 Å². The third-order valence-corrected chi connectivity index (χ3v) is 12.9. The smallest absolute Gasteiger partial charge is 0.137 e. The number of hydrogen-bond donors (Lipinski definition) is 0. The Morgan fingerprint density at radius 3 is 1.66 bits per heavy atom. The summed E-state index contributed by atoms with van der Waals surface area (Å²) in [4.78, 5) is 2.38. The lowest BCUT2D eigenvalue weighted by atomic mass is 9.73. The van der Waals surface area contributed by atoms with Crippen LogP contribution in [-0.2, 0) is 10.8 Å². The van der Waals surface area contributed by atoms with Crippen LogP contribution in [0.25, 0.3) is 66.1 Å². The van der Waals surface area contributed by atoms with Crippen molar-refractivity contribution in [3.05, 3.63) is 198 Å². The number of anilines is 3. The summed E-state index contributed by atoms with van der Waals surface area (Å²) in [6, 6.07) is 61.7. The van der Waals surface area contributed by atoms with Crippen LogP contribution in [0.3, 0.4) is 0 Å². The Morgan fingerprint density at radius 2 is 0.875 bits per heavy atom. The van der Waals surface area contributed by atoms with E-state index in [-0.39, 0.29) is 10.8 Å². The molecule has 0 unspecified atom stereocenters. The summed E-state index contributed by atoms with van der Waals surface area (Å²) in [5, 5.41) is 4.48. The van der Waals surface area contributed by atoms with E-state index in [1.807, 2.05) is 12.1 Å². The summed E-state index contributed by atoms with van der Waals surface area (Å²) in [5.74, 6) is 0. The molecule has 0 N–H and O–H groups in total. The van der Waals surface area contributed by atoms with Gasteiger partial charge in [-0.15, -0.1) is 0 Å². The highest BCUT2D eigenvalue weighted by Gasteiger charge is 2.42. The molecule has 2 heterocycles. The zero-order chi connectivity index (χ0) is 37.3. The SMILES string of the molecule is CC1(C)c2ccccc2-c2ccc(N(c3ccc4c(c3)oc3ccccc34)c3ccc4oc5cccc(C6(C)c7ccccc7-c7ccccc76)c5c4c3)cc21. The van der Waals surface area contributed by atoms with E-state index in [2.05, 4.69) is 183 Å². The average Bonchev–Trinajstić information content (AvgIpc) is 3.94. The van der Waals surface area contributed by atoms with E-state index in [4.69, 9.17) is 8.83 Å². The van der Waals surface area contributed by atoms with Crippen molar-refractivity contribution in [1.29, 1.82) is 0 Å². The summed E-state index contributed by atoms with van der Waals surface area (Å²) < 4.78 is 13.2. The molecular formula is C53H37NO2. The van der Waals surface area contributed by atoms with Crippen molar-refractivity contribution in [1.82, 2.24) is 0 Å². The normalized spacial score (nSPS) is 14.6. The van der Waals surface area contributed by atoms with E-state index < -0.39 is 0 Å². The molecule has 0 radical (unpaired) electrons. The van der Waals surface area contributed by atoms with Gasteiger partial charge in [-0.1, -0.05) is 123 Å². The molecular weight excluding hydrogens is 683 g/mol. The van der Waals surface area contributed by atoms with E-state index in [0.717, 1.165) is 60.9 Å². The maximum absolute atomic E-state index is 6.70. The molecule has 3 heteroatoms. The van der Waals surface area contributed by atoms with Gasteiger partial charge < -0.3 is 13.7 Å². The predicted molar refractivity (Wildman–Crippen MR) is 231 cm³/mol. The molecule has 10 aromatic rings. The second-order valence-electron chi connectivity index (χ2n) is 16.2. The molecule has 8 aromatic carbocycles. The van der Waals surface area contributed by atoms with Crippen molar-refractivity contribution >= 4 is 60.9 Å². The van der Waals surface area contributed by atoms with Gasteiger partial charge in [-0.3, -0.25) is 0 Å². The van der Waals surface area contributed by atoms with Crippen LogP contribution < -0.4 is 4.90 Å². The second kappa shape index (κ2) is 11.1. The zero-order valence-electron chi connectivity index (χ0n) is 31.4. The second-order valence-corrected chi connectivity index (χ2v) is 16.2. The molecule has 2 aromatic heterocycles. The fraction of sp³-hybridized carbons (Fsp3) is 0.0943. The van der Waals surface area contributed by atoms with Crippen molar-refractivity contribution in [2.75, 3.05) is 4.90 Å². The van der Waals surface area contributed by atoms with Crippen LogP contribution in [-0.4, -0.2) is 0 Å². The lowest BCUT2D eigenvalue weighted by molar-refractivity contribution is 0.660. The topological polar surface area (TPSA) is 29.5 Å². The standard InChI is InChI=1S/C53H37NO2/c1-52(2)42-17-8-4-13-35(42)38-26-23-33(30-46(38)52)54(34-24-27-40-39-16-7-11-21-47(39)56-50(40)31-34)32-25-28-48-41(29-32)51-45(20-12-22-49(51)55-48)53(3)43-18-9-5-14-36(43)37-15-6-10-19-44(37)53/h4-31H,1-3H3. The summed E-state index contributed by atoms with van der Waals surface area (Å²) in [6.45, 7) is 7.07. The minimum Gasteiger partial charge on any atom is -0.456 e. The van der Waals surface area contributed by atoms with Crippen LogP contribution in [0, 0.1) is 0 Å². The van der Waals surface area contributed by atoms with Crippen LogP contribution in [0.2, 0.25) is 0 Å². The molecule has 0 saturated heterocycles. The Balaban J connectivity index is 1.10. The molecule has 2 aliphatic rings. The van der Waals surface area contributed by atoms with Gasteiger partial charge in [-0.05, 0) is 112 Å². The maximum atomic E-state index is 6.70. The van der Waals surface area contributed by atoms with Gasteiger partial charge in [-0.25, -0.2) is 0 Å². The molecule has 3 nitrogen and oxygen atoms in total. The fourth-order valence-corrected chi connectivity index (χ4v) is 10.2. The van der Waals surface area contributed by atoms with Crippen LogP contribution in [0.15, 0.2) is 179 Å². The van der Waals surface area contributed by atoms with Gasteiger partial charge in [-0.2, -0.15) is 0 Å². The van der Waals surface area contributed by atoms with Crippen LogP contribution in [0.4, 0.5) is 17.1 Å². The molecule has 0 aliphatic heterocycles. The van der Waals surface area contributed by atoms with Crippen LogP contribution in [0.5, 0.6) is 0 Å². The minimum absolute atomic E-state index is 0.140.